The Morgan fingerprint density at radius 1 is 1.58 bits per heavy atom. The molecule has 0 radical (unpaired) electrons. The summed E-state index contributed by atoms with van der Waals surface area (Å²) in [5, 5.41) is 8.62. The van der Waals surface area contributed by atoms with E-state index in [-0.39, 0.29) is 5.91 Å². The molecule has 0 bridgehead atoms. The van der Waals surface area contributed by atoms with Crippen molar-refractivity contribution in [1.82, 2.24) is 4.90 Å². The summed E-state index contributed by atoms with van der Waals surface area (Å²) in [5.74, 6) is -1.40. The molecule has 12 heavy (non-hydrogen) atoms. The molecule has 1 unspecified atom stereocenters. The molecular formula is C8H11NO3. The van der Waals surface area contributed by atoms with Crippen LogP contribution in [0.3, 0.4) is 0 Å². The van der Waals surface area contributed by atoms with Crippen molar-refractivity contribution in [3.63, 3.8) is 0 Å². The van der Waals surface area contributed by atoms with Gasteiger partial charge in [0.25, 0.3) is 0 Å². The minimum Gasteiger partial charge on any atom is -0.481 e. The van der Waals surface area contributed by atoms with Crippen LogP contribution in [0.5, 0.6) is 0 Å². The van der Waals surface area contributed by atoms with Crippen LogP contribution in [0.1, 0.15) is 6.42 Å². The first kappa shape index (κ1) is 8.77. The third-order valence-electron chi connectivity index (χ3n) is 2.02. The van der Waals surface area contributed by atoms with Gasteiger partial charge in [0.15, 0.2) is 0 Å². The molecule has 0 saturated carbocycles. The Hall–Kier alpha value is -1.32. The van der Waals surface area contributed by atoms with Crippen molar-refractivity contribution in [3.05, 3.63) is 12.7 Å². The molecule has 1 rings (SSSR count). The van der Waals surface area contributed by atoms with Gasteiger partial charge in [-0.2, -0.15) is 0 Å². The fourth-order valence-electron chi connectivity index (χ4n) is 1.29. The average molecular weight is 169 g/mol. The lowest BCUT2D eigenvalue weighted by Crippen LogP contribution is -2.28. The van der Waals surface area contributed by atoms with Crippen LogP contribution in [-0.4, -0.2) is 35.0 Å². The number of rotatable bonds is 2. The molecule has 1 fully saturated rings. The number of carbonyl (C=O) groups excluding carboxylic acids is 1. The molecule has 1 aliphatic rings. The molecule has 0 aromatic heterocycles. The fraction of sp³-hybridized carbons (Fsp3) is 0.500. The number of carboxylic acid groups (broad SMARTS) is 1. The summed E-state index contributed by atoms with van der Waals surface area (Å²) in [6.45, 7) is 4.19. The van der Waals surface area contributed by atoms with Crippen LogP contribution in [0, 0.1) is 5.92 Å². The first-order valence-electron chi connectivity index (χ1n) is 3.79. The standard InChI is InChI=1S/C8H11NO3/c1-2-7(10)9-4-3-6(5-9)8(11)12/h2,6H,1,3-5H2,(H,11,12). The Bertz CT molecular complexity index is 224. The highest BCUT2D eigenvalue weighted by Crippen LogP contribution is 2.16. The maximum Gasteiger partial charge on any atom is 0.308 e. The maximum atomic E-state index is 11.0. The molecule has 4 nitrogen and oxygen atoms in total. The number of nitrogens with zero attached hydrogens (tertiary/aromatic N) is 1. The first-order chi connectivity index (χ1) is 5.65. The van der Waals surface area contributed by atoms with Crippen molar-refractivity contribution in [2.24, 2.45) is 5.92 Å². The Labute approximate surface area is 70.5 Å². The molecule has 1 amide bonds. The zero-order chi connectivity index (χ0) is 9.14. The van der Waals surface area contributed by atoms with Gasteiger partial charge in [-0.25, -0.2) is 0 Å². The first-order valence-corrected chi connectivity index (χ1v) is 3.79. The van der Waals surface area contributed by atoms with E-state index in [9.17, 15) is 9.59 Å². The molecule has 1 saturated heterocycles. The number of hydrogen-bond acceptors (Lipinski definition) is 2. The minimum atomic E-state index is -0.825. The summed E-state index contributed by atoms with van der Waals surface area (Å²) in [7, 11) is 0. The highest BCUT2D eigenvalue weighted by molar-refractivity contribution is 5.87. The average Bonchev–Trinajstić information content (AvgIpc) is 2.51. The van der Waals surface area contributed by atoms with E-state index in [1.165, 1.54) is 11.0 Å². The maximum absolute atomic E-state index is 11.0. The number of likely N-dealkylation sites (tertiary alicyclic amines) is 1. The highest BCUT2D eigenvalue weighted by atomic mass is 16.4. The van der Waals surface area contributed by atoms with Gasteiger partial charge in [0, 0.05) is 13.1 Å². The van der Waals surface area contributed by atoms with Crippen LogP contribution in [-0.2, 0) is 9.59 Å². The lowest BCUT2D eigenvalue weighted by Gasteiger charge is -2.12. The third-order valence-corrected chi connectivity index (χ3v) is 2.02. The van der Waals surface area contributed by atoms with Crippen LogP contribution >= 0.6 is 0 Å². The summed E-state index contributed by atoms with van der Waals surface area (Å²) >= 11 is 0. The summed E-state index contributed by atoms with van der Waals surface area (Å²) in [6.07, 6.45) is 1.76. The molecular weight excluding hydrogens is 158 g/mol. The zero-order valence-electron chi connectivity index (χ0n) is 6.69. The van der Waals surface area contributed by atoms with E-state index in [2.05, 4.69) is 6.58 Å². The van der Waals surface area contributed by atoms with Crippen LogP contribution in [0.25, 0.3) is 0 Å². The lowest BCUT2D eigenvalue weighted by atomic mass is 10.1. The highest BCUT2D eigenvalue weighted by Gasteiger charge is 2.29. The van der Waals surface area contributed by atoms with Crippen LogP contribution in [0.2, 0.25) is 0 Å². The molecule has 1 N–H and O–H groups in total. The molecule has 1 atom stereocenters. The lowest BCUT2D eigenvalue weighted by molar-refractivity contribution is -0.141. The van der Waals surface area contributed by atoms with E-state index in [1.807, 2.05) is 0 Å². The summed E-state index contributed by atoms with van der Waals surface area (Å²) in [4.78, 5) is 23.0. The molecule has 1 aliphatic heterocycles. The number of amides is 1. The Morgan fingerprint density at radius 2 is 2.25 bits per heavy atom. The number of aliphatic carboxylic acids is 1. The molecule has 0 aliphatic carbocycles. The van der Waals surface area contributed by atoms with E-state index >= 15 is 0 Å². The monoisotopic (exact) mass is 169 g/mol. The van der Waals surface area contributed by atoms with E-state index in [1.54, 1.807) is 0 Å². The predicted molar refractivity (Wildman–Crippen MR) is 42.5 cm³/mol. The van der Waals surface area contributed by atoms with E-state index < -0.39 is 11.9 Å². The normalized spacial score (nSPS) is 22.3. The molecule has 0 aromatic carbocycles. The summed E-state index contributed by atoms with van der Waals surface area (Å²) < 4.78 is 0. The molecule has 0 spiro atoms. The van der Waals surface area contributed by atoms with Crippen molar-refractivity contribution < 1.29 is 14.7 Å². The van der Waals surface area contributed by atoms with Crippen molar-refractivity contribution in [2.45, 2.75) is 6.42 Å². The van der Waals surface area contributed by atoms with Crippen molar-refractivity contribution >= 4 is 11.9 Å². The Balaban J connectivity index is 2.50. The molecule has 4 heteroatoms. The minimum absolute atomic E-state index is 0.182. The second kappa shape index (κ2) is 3.38. The smallest absolute Gasteiger partial charge is 0.308 e. The molecule has 66 valence electrons. The van der Waals surface area contributed by atoms with E-state index in [0.717, 1.165) is 0 Å². The van der Waals surface area contributed by atoms with Gasteiger partial charge >= 0.3 is 5.97 Å². The quantitative estimate of drug-likeness (QED) is 0.597. The molecule has 1 heterocycles. The van der Waals surface area contributed by atoms with Crippen molar-refractivity contribution in [1.29, 1.82) is 0 Å². The van der Waals surface area contributed by atoms with Gasteiger partial charge < -0.3 is 10.0 Å². The van der Waals surface area contributed by atoms with Crippen LogP contribution in [0.15, 0.2) is 12.7 Å². The van der Waals surface area contributed by atoms with Crippen molar-refractivity contribution in [3.8, 4) is 0 Å². The predicted octanol–water partition coefficient (Wildman–Crippen LogP) is 0.106. The largest absolute Gasteiger partial charge is 0.481 e. The number of carbonyl (C=O) groups is 2. The van der Waals surface area contributed by atoms with Gasteiger partial charge in [-0.1, -0.05) is 6.58 Å². The summed E-state index contributed by atoms with van der Waals surface area (Å²) in [5.41, 5.74) is 0. The van der Waals surface area contributed by atoms with Crippen LogP contribution < -0.4 is 0 Å². The Kier molecular flexibility index (Phi) is 2.47. The van der Waals surface area contributed by atoms with Gasteiger partial charge in [-0.15, -0.1) is 0 Å². The van der Waals surface area contributed by atoms with Gasteiger partial charge in [0.05, 0.1) is 5.92 Å². The molecule has 0 aromatic rings. The van der Waals surface area contributed by atoms with Crippen LogP contribution in [0.4, 0.5) is 0 Å². The second-order valence-electron chi connectivity index (χ2n) is 2.81. The van der Waals surface area contributed by atoms with E-state index in [0.29, 0.717) is 19.5 Å². The zero-order valence-corrected chi connectivity index (χ0v) is 6.69. The Morgan fingerprint density at radius 3 is 2.67 bits per heavy atom. The van der Waals surface area contributed by atoms with Gasteiger partial charge in [-0.3, -0.25) is 9.59 Å². The van der Waals surface area contributed by atoms with Gasteiger partial charge in [-0.05, 0) is 12.5 Å². The number of hydrogen-bond donors (Lipinski definition) is 1. The van der Waals surface area contributed by atoms with E-state index in [4.69, 9.17) is 5.11 Å². The topological polar surface area (TPSA) is 57.6 Å². The van der Waals surface area contributed by atoms with Gasteiger partial charge in [0.1, 0.15) is 0 Å². The summed E-state index contributed by atoms with van der Waals surface area (Å²) in [6, 6.07) is 0. The van der Waals surface area contributed by atoms with Crippen molar-refractivity contribution in [2.75, 3.05) is 13.1 Å². The number of carboxylic acids is 1. The second-order valence-corrected chi connectivity index (χ2v) is 2.81. The fourth-order valence-corrected chi connectivity index (χ4v) is 1.29. The third kappa shape index (κ3) is 1.64. The van der Waals surface area contributed by atoms with Gasteiger partial charge in [0.2, 0.25) is 5.91 Å². The SMILES string of the molecule is C=CC(=O)N1CCC(C(=O)O)C1.